The molecule has 0 aliphatic heterocycles. The number of carbonyl (C=O) groups excluding carboxylic acids is 4. The van der Waals surface area contributed by atoms with Crippen LogP contribution in [-0.2, 0) is 48.9 Å². The van der Waals surface area contributed by atoms with Gasteiger partial charge in [-0.15, -0.1) is 0 Å². The Hall–Kier alpha value is -0.820. The SMILES string of the molecule is CCCCCCCC/C=C\CCCCCCCCOC(=O)C(CC(=O)[O-])S(=O)(=O)O.CCCCCCCC/C=C\CCCCCCCCOC(=O)C(CC(=O)[O-])S(=O)(=O)O.[Na+].[Na+]. The zero-order valence-electron chi connectivity index (χ0n) is 38.7. The molecule has 0 aromatic heterocycles. The van der Waals surface area contributed by atoms with Crippen LogP contribution in [0.15, 0.2) is 24.3 Å². The third-order valence-electron chi connectivity index (χ3n) is 9.75. The van der Waals surface area contributed by atoms with Crippen molar-refractivity contribution in [1.82, 2.24) is 0 Å². The monoisotopic (exact) mass is 940 g/mol. The maximum Gasteiger partial charge on any atom is 1.00 e. The van der Waals surface area contributed by atoms with Crippen LogP contribution < -0.4 is 69.3 Å². The normalized spacial score (nSPS) is 12.5. The van der Waals surface area contributed by atoms with E-state index in [0.29, 0.717) is 12.8 Å². The van der Waals surface area contributed by atoms with Gasteiger partial charge in [0.25, 0.3) is 20.2 Å². The molecule has 18 heteroatoms. The average molecular weight is 941 g/mol. The Morgan fingerprint density at radius 3 is 0.887 bits per heavy atom. The molecule has 0 rings (SSSR count). The largest absolute Gasteiger partial charge is 1.00 e. The van der Waals surface area contributed by atoms with Crippen molar-refractivity contribution in [3.05, 3.63) is 24.3 Å². The first-order valence-corrected chi connectivity index (χ1v) is 25.5. The molecule has 0 saturated heterocycles. The van der Waals surface area contributed by atoms with Gasteiger partial charge in [-0.1, -0.05) is 154 Å². The molecule has 0 amide bonds. The molecule has 0 bridgehead atoms. The Morgan fingerprint density at radius 2 is 0.661 bits per heavy atom. The number of esters is 2. The van der Waals surface area contributed by atoms with Crippen molar-refractivity contribution in [3.63, 3.8) is 0 Å². The second kappa shape index (κ2) is 46.7. The van der Waals surface area contributed by atoms with E-state index >= 15 is 0 Å². The van der Waals surface area contributed by atoms with E-state index < -0.39 is 67.5 Å². The summed E-state index contributed by atoms with van der Waals surface area (Å²) >= 11 is 0. The average Bonchev–Trinajstić information content (AvgIpc) is 3.17. The van der Waals surface area contributed by atoms with Crippen molar-refractivity contribution in [2.75, 3.05) is 13.2 Å². The van der Waals surface area contributed by atoms with E-state index in [0.717, 1.165) is 77.0 Å². The molecular formula is C44H78Na2O14S2. The molecule has 2 N–H and O–H groups in total. The van der Waals surface area contributed by atoms with Crippen LogP contribution in [0.1, 0.15) is 206 Å². The summed E-state index contributed by atoms with van der Waals surface area (Å²) < 4.78 is 71.6. The number of ether oxygens (including phenoxy) is 2. The van der Waals surface area contributed by atoms with Gasteiger partial charge >= 0.3 is 71.1 Å². The van der Waals surface area contributed by atoms with Crippen molar-refractivity contribution in [3.8, 4) is 0 Å². The number of rotatable bonds is 40. The van der Waals surface area contributed by atoms with Crippen LogP contribution in [-0.4, -0.2) is 73.5 Å². The number of allylic oxidation sites excluding steroid dienone is 4. The fourth-order valence-electron chi connectivity index (χ4n) is 6.15. The molecule has 0 spiro atoms. The number of hydrogen-bond acceptors (Lipinski definition) is 12. The molecule has 14 nitrogen and oxygen atoms in total. The summed E-state index contributed by atoms with van der Waals surface area (Å²) in [5.41, 5.74) is 0. The van der Waals surface area contributed by atoms with E-state index in [1.54, 1.807) is 0 Å². The molecule has 0 saturated carbocycles. The van der Waals surface area contributed by atoms with Crippen LogP contribution >= 0.6 is 0 Å². The molecule has 2 unspecified atom stereocenters. The molecule has 2 atom stereocenters. The third-order valence-corrected chi connectivity index (χ3v) is 11.9. The summed E-state index contributed by atoms with van der Waals surface area (Å²) in [7, 11) is -9.67. The van der Waals surface area contributed by atoms with E-state index in [4.69, 9.17) is 18.6 Å². The zero-order chi connectivity index (χ0) is 45.3. The second-order valence-corrected chi connectivity index (χ2v) is 18.6. The number of carboxylic acids is 2. The molecule has 62 heavy (non-hydrogen) atoms. The number of unbranched alkanes of at least 4 members (excludes halogenated alkanes) is 24. The summed E-state index contributed by atoms with van der Waals surface area (Å²) in [6.07, 6.45) is 38.8. The van der Waals surface area contributed by atoms with Gasteiger partial charge in [0.15, 0.2) is 10.5 Å². The van der Waals surface area contributed by atoms with Gasteiger partial charge in [-0.3, -0.25) is 18.7 Å². The van der Waals surface area contributed by atoms with Crippen LogP contribution in [0.5, 0.6) is 0 Å². The van der Waals surface area contributed by atoms with E-state index in [-0.39, 0.29) is 72.3 Å². The molecule has 352 valence electrons. The minimum atomic E-state index is -4.83. The topological polar surface area (TPSA) is 242 Å². The standard InChI is InChI=1S/2C22H40O7S.2Na/c2*1-2-3-4-5-6-7-8-9-10-11-12-13-14-15-16-17-18-29-22(25)20(19-21(23)24)30(26,27)28;;/h2*9-10,20H,2-8,11-19H2,1H3,(H,23,24)(H,26,27,28);;/q;;2*+1/p-2/b2*10-9-;;. The quantitative estimate of drug-likeness (QED) is 0.0294. The fraction of sp³-hybridized carbons (Fsp3) is 0.818. The van der Waals surface area contributed by atoms with Gasteiger partial charge in [0.05, 0.1) is 13.2 Å². The Balaban J connectivity index is -0.000000526. The van der Waals surface area contributed by atoms with E-state index in [1.807, 2.05) is 0 Å². The van der Waals surface area contributed by atoms with E-state index in [2.05, 4.69) is 38.2 Å². The molecular weight excluding hydrogens is 863 g/mol. The first-order valence-electron chi connectivity index (χ1n) is 22.5. The zero-order valence-corrected chi connectivity index (χ0v) is 44.3. The van der Waals surface area contributed by atoms with Crippen molar-refractivity contribution in [2.45, 2.75) is 217 Å². The number of carbonyl (C=O) groups is 4. The maximum absolute atomic E-state index is 11.6. The predicted molar refractivity (Wildman–Crippen MR) is 231 cm³/mol. The molecule has 0 heterocycles. The molecule has 0 aromatic rings. The first kappa shape index (κ1) is 67.8. The molecule has 0 aliphatic carbocycles. The summed E-state index contributed by atoms with van der Waals surface area (Å²) in [4.78, 5) is 44.2. The second-order valence-electron chi connectivity index (χ2n) is 15.4. The van der Waals surface area contributed by atoms with Crippen LogP contribution in [0.2, 0.25) is 0 Å². The Bertz CT molecular complexity index is 1290. The van der Waals surface area contributed by atoms with Crippen LogP contribution in [0.4, 0.5) is 0 Å². The van der Waals surface area contributed by atoms with Crippen LogP contribution in [0.3, 0.4) is 0 Å². The van der Waals surface area contributed by atoms with Gasteiger partial charge < -0.3 is 29.3 Å². The van der Waals surface area contributed by atoms with Crippen molar-refractivity contribution >= 4 is 44.1 Å². The van der Waals surface area contributed by atoms with Gasteiger partial charge in [-0.25, -0.2) is 0 Å². The summed E-state index contributed by atoms with van der Waals surface area (Å²) in [5.74, 6) is -6.00. The molecule has 0 radical (unpaired) electrons. The minimum absolute atomic E-state index is 0. The van der Waals surface area contributed by atoms with Crippen LogP contribution in [0.25, 0.3) is 0 Å². The van der Waals surface area contributed by atoms with Crippen LogP contribution in [0, 0.1) is 0 Å². The summed E-state index contributed by atoms with van der Waals surface area (Å²) in [5, 5.41) is 16.7. The van der Waals surface area contributed by atoms with Crippen molar-refractivity contribution < 1.29 is 124 Å². The Labute approximate surface area is 419 Å². The Morgan fingerprint density at radius 1 is 0.435 bits per heavy atom. The van der Waals surface area contributed by atoms with Crippen molar-refractivity contribution in [2.24, 2.45) is 0 Å². The fourth-order valence-corrected chi connectivity index (χ4v) is 7.47. The molecule has 0 aromatic carbocycles. The smallest absolute Gasteiger partial charge is 0.550 e. The van der Waals surface area contributed by atoms with Gasteiger partial charge in [0.2, 0.25) is 0 Å². The van der Waals surface area contributed by atoms with Gasteiger partial charge in [-0.2, -0.15) is 16.8 Å². The number of carboxylic acid groups (broad SMARTS) is 2. The molecule has 0 aliphatic rings. The number of aliphatic carboxylic acids is 2. The van der Waals surface area contributed by atoms with Gasteiger partial charge in [-0.05, 0) is 64.2 Å². The van der Waals surface area contributed by atoms with Crippen molar-refractivity contribution in [1.29, 1.82) is 0 Å². The summed E-state index contributed by atoms with van der Waals surface area (Å²) in [6, 6.07) is 0. The van der Waals surface area contributed by atoms with Gasteiger partial charge in [0.1, 0.15) is 0 Å². The minimum Gasteiger partial charge on any atom is -0.550 e. The van der Waals surface area contributed by atoms with E-state index in [1.165, 1.54) is 89.9 Å². The van der Waals surface area contributed by atoms with E-state index in [9.17, 15) is 46.2 Å². The predicted octanol–water partition coefficient (Wildman–Crippen LogP) is 1.94. The first-order chi connectivity index (χ1) is 28.6. The molecule has 0 fully saturated rings. The number of hydrogen-bond donors (Lipinski definition) is 2. The maximum atomic E-state index is 11.6. The summed E-state index contributed by atoms with van der Waals surface area (Å²) in [6.45, 7) is 4.46. The van der Waals surface area contributed by atoms with Gasteiger partial charge in [0, 0.05) is 24.8 Å². The third kappa shape index (κ3) is 47.2. The Kier molecular flexibility index (Phi) is 51.0.